The molecule has 2 aromatic heterocycles. The van der Waals surface area contributed by atoms with E-state index in [9.17, 15) is 13.2 Å². The van der Waals surface area contributed by atoms with E-state index in [1.54, 1.807) is 18.2 Å². The SMILES string of the molecule is COc1ccc(S(=O)(=O)n2cc(CCC(=O)O)c3cc(OC)cnc32)cc1. The fourth-order valence-electron chi connectivity index (χ4n) is 2.72. The highest BCUT2D eigenvalue weighted by atomic mass is 32.2. The average molecular weight is 390 g/mol. The Balaban J connectivity index is 2.15. The fourth-order valence-corrected chi connectivity index (χ4v) is 4.07. The number of pyridine rings is 1. The van der Waals surface area contributed by atoms with Crippen LogP contribution < -0.4 is 9.47 Å². The summed E-state index contributed by atoms with van der Waals surface area (Å²) in [7, 11) is -0.945. The number of fused-ring (bicyclic) bond motifs is 1. The number of aliphatic carboxylic acids is 1. The predicted octanol–water partition coefficient (Wildman–Crippen LogP) is 2.31. The van der Waals surface area contributed by atoms with Crippen LogP contribution in [0.5, 0.6) is 11.5 Å². The van der Waals surface area contributed by atoms with Crippen LogP contribution in [0.15, 0.2) is 47.6 Å². The Morgan fingerprint density at radius 2 is 1.81 bits per heavy atom. The monoisotopic (exact) mass is 390 g/mol. The molecule has 0 aliphatic carbocycles. The molecule has 142 valence electrons. The van der Waals surface area contributed by atoms with E-state index in [2.05, 4.69) is 4.98 Å². The molecule has 0 spiro atoms. The quantitative estimate of drug-likeness (QED) is 0.659. The van der Waals surface area contributed by atoms with Gasteiger partial charge in [-0.3, -0.25) is 4.79 Å². The number of aromatic nitrogens is 2. The molecule has 3 aromatic rings. The molecular weight excluding hydrogens is 372 g/mol. The first-order valence-electron chi connectivity index (χ1n) is 8.02. The van der Waals surface area contributed by atoms with Crippen molar-refractivity contribution in [3.63, 3.8) is 0 Å². The van der Waals surface area contributed by atoms with Crippen molar-refractivity contribution < 1.29 is 27.8 Å². The summed E-state index contributed by atoms with van der Waals surface area (Å²) in [6, 6.07) is 7.65. The van der Waals surface area contributed by atoms with Crippen LogP contribution in [0.1, 0.15) is 12.0 Å². The standard InChI is InChI=1S/C18H18N2O6S/c1-25-13-4-6-15(7-5-13)27(23,24)20-11-12(3-8-17(21)22)16-9-14(26-2)10-19-18(16)20/h4-7,9-11H,3,8H2,1-2H3,(H,21,22). The van der Waals surface area contributed by atoms with E-state index in [0.717, 1.165) is 3.97 Å². The summed E-state index contributed by atoms with van der Waals surface area (Å²) in [5, 5.41) is 9.50. The van der Waals surface area contributed by atoms with Gasteiger partial charge in [-0.1, -0.05) is 0 Å². The molecule has 0 unspecified atom stereocenters. The number of hydrogen-bond acceptors (Lipinski definition) is 6. The van der Waals surface area contributed by atoms with E-state index < -0.39 is 16.0 Å². The number of carboxylic acid groups (broad SMARTS) is 1. The number of benzene rings is 1. The molecule has 0 saturated carbocycles. The van der Waals surface area contributed by atoms with Gasteiger partial charge in [0.25, 0.3) is 10.0 Å². The smallest absolute Gasteiger partial charge is 0.303 e. The molecule has 0 saturated heterocycles. The van der Waals surface area contributed by atoms with Gasteiger partial charge in [0.05, 0.1) is 25.3 Å². The minimum Gasteiger partial charge on any atom is -0.497 e. The van der Waals surface area contributed by atoms with E-state index in [0.29, 0.717) is 22.4 Å². The van der Waals surface area contributed by atoms with Crippen LogP contribution in [-0.4, -0.2) is 42.7 Å². The first-order chi connectivity index (χ1) is 12.9. The van der Waals surface area contributed by atoms with Crippen molar-refractivity contribution in [1.82, 2.24) is 8.96 Å². The number of aryl methyl sites for hydroxylation is 1. The zero-order chi connectivity index (χ0) is 19.6. The van der Waals surface area contributed by atoms with Gasteiger partial charge in [-0.25, -0.2) is 17.4 Å². The number of carboxylic acids is 1. The van der Waals surface area contributed by atoms with Crippen molar-refractivity contribution in [3.8, 4) is 11.5 Å². The summed E-state index contributed by atoms with van der Waals surface area (Å²) in [4.78, 5) is 15.2. The van der Waals surface area contributed by atoms with Gasteiger partial charge in [-0.05, 0) is 42.3 Å². The second-order valence-electron chi connectivity index (χ2n) is 5.77. The fraction of sp³-hybridized carbons (Fsp3) is 0.222. The van der Waals surface area contributed by atoms with Crippen molar-refractivity contribution in [2.24, 2.45) is 0 Å². The molecule has 0 bridgehead atoms. The van der Waals surface area contributed by atoms with Gasteiger partial charge in [0.2, 0.25) is 0 Å². The van der Waals surface area contributed by atoms with Gasteiger partial charge in [0.15, 0.2) is 5.65 Å². The molecule has 1 aromatic carbocycles. The van der Waals surface area contributed by atoms with Gasteiger partial charge < -0.3 is 14.6 Å². The average Bonchev–Trinajstić information content (AvgIpc) is 3.05. The summed E-state index contributed by atoms with van der Waals surface area (Å²) in [6.07, 6.45) is 2.88. The second-order valence-corrected chi connectivity index (χ2v) is 7.59. The van der Waals surface area contributed by atoms with Gasteiger partial charge >= 0.3 is 5.97 Å². The van der Waals surface area contributed by atoms with E-state index in [1.165, 1.54) is 38.7 Å². The zero-order valence-corrected chi connectivity index (χ0v) is 15.6. The summed E-state index contributed by atoms with van der Waals surface area (Å²) >= 11 is 0. The van der Waals surface area contributed by atoms with Crippen molar-refractivity contribution in [2.45, 2.75) is 17.7 Å². The molecule has 0 aliphatic rings. The highest BCUT2D eigenvalue weighted by Crippen LogP contribution is 2.28. The molecular formula is C18H18N2O6S. The lowest BCUT2D eigenvalue weighted by Crippen LogP contribution is -2.12. The lowest BCUT2D eigenvalue weighted by Gasteiger charge is -2.08. The normalized spacial score (nSPS) is 11.5. The predicted molar refractivity (Wildman–Crippen MR) is 97.8 cm³/mol. The van der Waals surface area contributed by atoms with Crippen LogP contribution in [0.25, 0.3) is 11.0 Å². The van der Waals surface area contributed by atoms with E-state index >= 15 is 0 Å². The molecule has 9 heteroatoms. The third-order valence-corrected chi connectivity index (χ3v) is 5.79. The summed E-state index contributed by atoms with van der Waals surface area (Å²) in [6.45, 7) is 0. The van der Waals surface area contributed by atoms with Gasteiger partial charge in [-0.15, -0.1) is 0 Å². The Labute approximate surface area is 156 Å². The molecule has 0 radical (unpaired) electrons. The molecule has 0 amide bonds. The minimum atomic E-state index is -3.92. The molecule has 0 aliphatic heterocycles. The molecule has 2 heterocycles. The third kappa shape index (κ3) is 3.59. The highest BCUT2D eigenvalue weighted by Gasteiger charge is 2.23. The number of methoxy groups -OCH3 is 2. The number of hydrogen-bond donors (Lipinski definition) is 1. The van der Waals surface area contributed by atoms with Crippen LogP contribution in [0.2, 0.25) is 0 Å². The number of nitrogens with zero attached hydrogens (tertiary/aromatic N) is 2. The van der Waals surface area contributed by atoms with Crippen LogP contribution in [0.4, 0.5) is 0 Å². The van der Waals surface area contributed by atoms with Crippen molar-refractivity contribution >= 4 is 27.0 Å². The molecule has 27 heavy (non-hydrogen) atoms. The molecule has 1 N–H and O–H groups in total. The maximum Gasteiger partial charge on any atom is 0.303 e. The first kappa shape index (κ1) is 18.7. The van der Waals surface area contributed by atoms with Gasteiger partial charge in [0, 0.05) is 18.0 Å². The third-order valence-electron chi connectivity index (χ3n) is 4.13. The molecule has 0 fully saturated rings. The van der Waals surface area contributed by atoms with Crippen LogP contribution >= 0.6 is 0 Å². The van der Waals surface area contributed by atoms with E-state index in [1.807, 2.05) is 0 Å². The maximum absolute atomic E-state index is 13.1. The summed E-state index contributed by atoms with van der Waals surface area (Å²) < 4.78 is 37.5. The molecule has 0 atom stereocenters. The van der Waals surface area contributed by atoms with Crippen LogP contribution in [0, 0.1) is 0 Å². The van der Waals surface area contributed by atoms with Crippen LogP contribution in [0.3, 0.4) is 0 Å². The number of ether oxygens (including phenoxy) is 2. The molecule has 8 nitrogen and oxygen atoms in total. The van der Waals surface area contributed by atoms with Crippen LogP contribution in [-0.2, 0) is 21.2 Å². The van der Waals surface area contributed by atoms with E-state index in [-0.39, 0.29) is 23.4 Å². The summed E-state index contributed by atoms with van der Waals surface area (Å²) in [5.41, 5.74) is 0.780. The topological polar surface area (TPSA) is 108 Å². The number of rotatable bonds is 7. The van der Waals surface area contributed by atoms with Crippen molar-refractivity contribution in [3.05, 3.63) is 48.3 Å². The Morgan fingerprint density at radius 1 is 1.15 bits per heavy atom. The lowest BCUT2D eigenvalue weighted by molar-refractivity contribution is -0.136. The minimum absolute atomic E-state index is 0.0719. The molecule has 3 rings (SSSR count). The Hall–Kier alpha value is -3.07. The van der Waals surface area contributed by atoms with Gasteiger partial charge in [-0.2, -0.15) is 0 Å². The van der Waals surface area contributed by atoms with Gasteiger partial charge in [0.1, 0.15) is 11.5 Å². The maximum atomic E-state index is 13.1. The summed E-state index contributed by atoms with van der Waals surface area (Å²) in [5.74, 6) is 0.0276. The highest BCUT2D eigenvalue weighted by molar-refractivity contribution is 7.90. The van der Waals surface area contributed by atoms with Crippen molar-refractivity contribution in [2.75, 3.05) is 14.2 Å². The first-order valence-corrected chi connectivity index (χ1v) is 9.46. The van der Waals surface area contributed by atoms with E-state index in [4.69, 9.17) is 14.6 Å². The lowest BCUT2D eigenvalue weighted by atomic mass is 10.1. The Morgan fingerprint density at radius 3 is 2.41 bits per heavy atom. The Bertz CT molecular complexity index is 1090. The van der Waals surface area contributed by atoms with Crippen molar-refractivity contribution in [1.29, 1.82) is 0 Å². The zero-order valence-electron chi connectivity index (χ0n) is 14.7. The second kappa shape index (κ2) is 7.28. The largest absolute Gasteiger partial charge is 0.497 e. The Kier molecular flexibility index (Phi) is 5.04. The number of carbonyl (C=O) groups is 1.